The van der Waals surface area contributed by atoms with Crippen LogP contribution in [0.1, 0.15) is 0 Å². The van der Waals surface area contributed by atoms with Gasteiger partial charge in [-0.1, -0.05) is 212 Å². The second-order valence-corrected chi connectivity index (χ2v) is 25.6. The van der Waals surface area contributed by atoms with Gasteiger partial charge in [0.1, 0.15) is 0 Å². The van der Waals surface area contributed by atoms with E-state index in [4.69, 9.17) is 15.0 Å². The van der Waals surface area contributed by atoms with Crippen molar-refractivity contribution in [3.05, 3.63) is 370 Å². The highest BCUT2D eigenvalue weighted by molar-refractivity contribution is 6.15. The van der Waals surface area contributed by atoms with Crippen LogP contribution in [-0.4, -0.2) is 33.2 Å². The van der Waals surface area contributed by atoms with Gasteiger partial charge < -0.3 is 18.3 Å². The maximum absolute atomic E-state index is 4.90. The van der Waals surface area contributed by atoms with Crippen LogP contribution in [-0.2, 0) is 0 Å². The molecule has 468 valence electrons. The maximum atomic E-state index is 4.90. The average molecular weight is 1280 g/mol. The fourth-order valence-electron chi connectivity index (χ4n) is 15.0. The molecule has 20 aromatic rings. The Labute approximate surface area is 577 Å². The van der Waals surface area contributed by atoms with Crippen LogP contribution in [0.25, 0.3) is 177 Å². The summed E-state index contributed by atoms with van der Waals surface area (Å²) in [7, 11) is 0. The standard InChI is InChI=1S/C47H31N3.C46H30N4/c1-3-11-33(12-4-1)43-26-21-36(31-48-43)32-19-24-38(25-20-32)50-45-18-10-8-16-40(45)42-30-35(23-28-47(42)50)34-22-27-46-41(29-34)39-15-7-9-17-44(39)49(46)37-13-5-2-6-14-37;1-3-11-31(12-4-1)41-23-19-34(29-47-41)42-24-22-36(30-48-42)50-44-18-10-8-16-38(44)40-28-33(21-26-46(40)50)32-20-25-45-39(27-32)37-15-7-9-17-43(37)49(45)35-13-5-2-6-14-35/h1-31H;1-30H. The average Bonchev–Trinajstić information content (AvgIpc) is 1.60. The molecular weight excluding hydrogens is 1220 g/mol. The van der Waals surface area contributed by atoms with E-state index in [-0.39, 0.29) is 0 Å². The van der Waals surface area contributed by atoms with E-state index in [0.717, 1.165) is 67.3 Å². The predicted molar refractivity (Wildman–Crippen MR) is 416 cm³/mol. The number of aromatic nitrogens is 7. The molecule has 7 heteroatoms. The zero-order valence-corrected chi connectivity index (χ0v) is 54.3. The van der Waals surface area contributed by atoms with E-state index in [0.29, 0.717) is 0 Å². The molecule has 7 nitrogen and oxygen atoms in total. The van der Waals surface area contributed by atoms with E-state index < -0.39 is 0 Å². The van der Waals surface area contributed by atoms with Crippen LogP contribution in [0.4, 0.5) is 0 Å². The van der Waals surface area contributed by atoms with Crippen molar-refractivity contribution in [2.24, 2.45) is 0 Å². The molecule has 0 bridgehead atoms. The van der Waals surface area contributed by atoms with E-state index in [1.807, 2.05) is 55.0 Å². The zero-order chi connectivity index (χ0) is 66.0. The molecule has 0 fully saturated rings. The van der Waals surface area contributed by atoms with Crippen LogP contribution in [0.5, 0.6) is 0 Å². The molecule has 0 spiro atoms. The highest BCUT2D eigenvalue weighted by Crippen LogP contribution is 2.42. The van der Waals surface area contributed by atoms with E-state index in [1.165, 1.54) is 110 Å². The van der Waals surface area contributed by atoms with Crippen molar-refractivity contribution in [1.29, 1.82) is 0 Å². The molecule has 7 heterocycles. The Morgan fingerprint density at radius 3 is 0.760 bits per heavy atom. The molecule has 0 aliphatic rings. The summed E-state index contributed by atoms with van der Waals surface area (Å²) >= 11 is 0. The summed E-state index contributed by atoms with van der Waals surface area (Å²) in [6.07, 6.45) is 5.84. The number of hydrogen-bond acceptors (Lipinski definition) is 3. The minimum Gasteiger partial charge on any atom is -0.309 e. The fraction of sp³-hybridized carbons (Fsp3) is 0. The molecule has 0 radical (unpaired) electrons. The SMILES string of the molecule is c1ccc(-c2ccc(-c3ccc(-n4c5ccccc5c5cc(-c6ccc7c(c6)c6ccccc6n7-c6ccccc6)ccc54)cc3)cn2)cc1.c1ccc(-c2ccc(-c3ccc(-n4c5ccccc5c5cc(-c6ccc7c(c6)c6ccccc6n7-c6ccccc6)ccc54)cn3)cn2)cc1. The van der Waals surface area contributed by atoms with Crippen molar-refractivity contribution in [2.75, 3.05) is 0 Å². The first-order valence-corrected chi connectivity index (χ1v) is 34.0. The van der Waals surface area contributed by atoms with Crippen LogP contribution in [0.15, 0.2) is 370 Å². The first kappa shape index (κ1) is 57.9. The smallest absolute Gasteiger partial charge is 0.0719 e. The molecule has 0 unspecified atom stereocenters. The van der Waals surface area contributed by atoms with Crippen molar-refractivity contribution in [2.45, 2.75) is 0 Å². The number of nitrogens with zero attached hydrogens (tertiary/aromatic N) is 7. The molecule has 13 aromatic carbocycles. The number of benzene rings is 13. The highest BCUT2D eigenvalue weighted by atomic mass is 15.0. The summed E-state index contributed by atoms with van der Waals surface area (Å²) in [5.41, 5.74) is 27.2. The van der Waals surface area contributed by atoms with Crippen molar-refractivity contribution in [3.8, 4) is 89.9 Å². The largest absolute Gasteiger partial charge is 0.309 e. The van der Waals surface area contributed by atoms with Crippen LogP contribution < -0.4 is 0 Å². The van der Waals surface area contributed by atoms with Gasteiger partial charge in [-0.25, -0.2) is 0 Å². The summed E-state index contributed by atoms with van der Waals surface area (Å²) < 4.78 is 9.43. The fourth-order valence-corrected chi connectivity index (χ4v) is 15.0. The van der Waals surface area contributed by atoms with Gasteiger partial charge >= 0.3 is 0 Å². The number of para-hydroxylation sites is 6. The third-order valence-electron chi connectivity index (χ3n) is 19.8. The minimum atomic E-state index is 0.896. The Kier molecular flexibility index (Phi) is 14.1. The number of fused-ring (bicyclic) bond motifs is 12. The number of rotatable bonds is 10. The van der Waals surface area contributed by atoms with Gasteiger partial charge in [0.2, 0.25) is 0 Å². The molecule has 0 N–H and O–H groups in total. The van der Waals surface area contributed by atoms with Gasteiger partial charge in [-0.3, -0.25) is 15.0 Å². The van der Waals surface area contributed by atoms with Crippen molar-refractivity contribution >= 4 is 87.2 Å². The topological polar surface area (TPSA) is 58.4 Å². The maximum Gasteiger partial charge on any atom is 0.0719 e. The highest BCUT2D eigenvalue weighted by Gasteiger charge is 2.20. The van der Waals surface area contributed by atoms with Crippen LogP contribution in [0, 0.1) is 0 Å². The lowest BCUT2D eigenvalue weighted by Gasteiger charge is -2.10. The molecular formula is C93H61N7. The second kappa shape index (κ2) is 24.3. The molecule has 0 aliphatic carbocycles. The Morgan fingerprint density at radius 2 is 0.410 bits per heavy atom. The zero-order valence-electron chi connectivity index (χ0n) is 54.3. The van der Waals surface area contributed by atoms with Crippen molar-refractivity contribution in [1.82, 2.24) is 33.2 Å². The first-order valence-electron chi connectivity index (χ1n) is 34.0. The monoisotopic (exact) mass is 1280 g/mol. The molecule has 0 amide bonds. The quantitative estimate of drug-likeness (QED) is 0.137. The van der Waals surface area contributed by atoms with E-state index in [9.17, 15) is 0 Å². The van der Waals surface area contributed by atoms with Crippen LogP contribution >= 0.6 is 0 Å². The normalized spacial score (nSPS) is 11.6. The molecule has 100 heavy (non-hydrogen) atoms. The molecule has 7 aromatic heterocycles. The Hall–Kier alpha value is -13.5. The van der Waals surface area contributed by atoms with Crippen molar-refractivity contribution < 1.29 is 0 Å². The molecule has 0 aliphatic heterocycles. The number of hydrogen-bond donors (Lipinski definition) is 0. The van der Waals surface area contributed by atoms with Gasteiger partial charge in [0, 0.05) is 94.8 Å². The number of pyridine rings is 3. The summed E-state index contributed by atoms with van der Waals surface area (Å²) in [6, 6.07) is 126. The lowest BCUT2D eigenvalue weighted by molar-refractivity contribution is 1.14. The predicted octanol–water partition coefficient (Wildman–Crippen LogP) is 23.9. The molecule has 0 saturated heterocycles. The van der Waals surface area contributed by atoms with Crippen molar-refractivity contribution in [3.63, 3.8) is 0 Å². The molecule has 20 rings (SSSR count). The lowest BCUT2D eigenvalue weighted by atomic mass is 10.0. The second-order valence-electron chi connectivity index (χ2n) is 25.6. The van der Waals surface area contributed by atoms with Crippen LogP contribution in [0.2, 0.25) is 0 Å². The Bertz CT molecular complexity index is 6050. The third kappa shape index (κ3) is 10.0. The summed E-state index contributed by atoms with van der Waals surface area (Å²) in [5, 5.41) is 9.95. The minimum absolute atomic E-state index is 0.896. The Morgan fingerprint density at radius 1 is 0.150 bits per heavy atom. The molecule has 0 atom stereocenters. The summed E-state index contributed by atoms with van der Waals surface area (Å²) in [6.45, 7) is 0. The molecule has 0 saturated carbocycles. The van der Waals surface area contributed by atoms with E-state index >= 15 is 0 Å². The van der Waals surface area contributed by atoms with Gasteiger partial charge in [0.05, 0.1) is 73.1 Å². The Balaban J connectivity index is 0.000000139. The van der Waals surface area contributed by atoms with Gasteiger partial charge in [-0.2, -0.15) is 0 Å². The lowest BCUT2D eigenvalue weighted by Crippen LogP contribution is -1.96. The summed E-state index contributed by atoms with van der Waals surface area (Å²) in [5.74, 6) is 0. The third-order valence-corrected chi connectivity index (χ3v) is 19.8. The van der Waals surface area contributed by atoms with Gasteiger partial charge in [0.25, 0.3) is 0 Å². The summed E-state index contributed by atoms with van der Waals surface area (Å²) in [4.78, 5) is 14.4. The van der Waals surface area contributed by atoms with E-state index in [2.05, 4.69) is 334 Å². The van der Waals surface area contributed by atoms with E-state index in [1.54, 1.807) is 0 Å². The first-order chi connectivity index (χ1) is 49.6. The van der Waals surface area contributed by atoms with Gasteiger partial charge in [0.15, 0.2) is 0 Å². The van der Waals surface area contributed by atoms with Crippen LogP contribution in [0.3, 0.4) is 0 Å². The van der Waals surface area contributed by atoms with Gasteiger partial charge in [-0.15, -0.1) is 0 Å². The van der Waals surface area contributed by atoms with Gasteiger partial charge in [-0.05, 0) is 167 Å².